The highest BCUT2D eigenvalue weighted by atomic mass is 16.6. The highest BCUT2D eigenvalue weighted by molar-refractivity contribution is 6.00. The predicted octanol–water partition coefficient (Wildman–Crippen LogP) is 2.17. The van der Waals surface area contributed by atoms with E-state index in [9.17, 15) is 14.7 Å². The maximum absolute atomic E-state index is 12.5. The van der Waals surface area contributed by atoms with E-state index in [0.717, 1.165) is 0 Å². The number of ketones is 1. The molecule has 0 spiro atoms. The number of hydrogen-bond acceptors (Lipinski definition) is 5. The Morgan fingerprint density at radius 1 is 1.39 bits per heavy atom. The molecule has 1 aliphatic heterocycles. The Morgan fingerprint density at radius 2 is 1.96 bits per heavy atom. The molecule has 0 aromatic carbocycles. The van der Waals surface area contributed by atoms with Crippen LogP contribution in [-0.2, 0) is 14.3 Å². The molecule has 0 unspecified atom stereocenters. The molecule has 1 atom stereocenters. The minimum absolute atomic E-state index is 0.165. The molecule has 6 heteroatoms. The van der Waals surface area contributed by atoms with Crippen LogP contribution >= 0.6 is 0 Å². The quantitative estimate of drug-likeness (QED) is 0.843. The van der Waals surface area contributed by atoms with Crippen LogP contribution in [0.2, 0.25) is 0 Å². The first-order valence-electron chi connectivity index (χ1n) is 7.73. The summed E-state index contributed by atoms with van der Waals surface area (Å²) in [7, 11) is 0. The third kappa shape index (κ3) is 4.20. The van der Waals surface area contributed by atoms with Crippen molar-refractivity contribution in [3.05, 3.63) is 24.3 Å². The minimum atomic E-state index is -1.28. The van der Waals surface area contributed by atoms with Crippen LogP contribution in [0.3, 0.4) is 0 Å². The van der Waals surface area contributed by atoms with Crippen LogP contribution in [0.25, 0.3) is 0 Å². The fourth-order valence-corrected chi connectivity index (χ4v) is 2.79. The Balaban J connectivity index is 2.17. The highest BCUT2D eigenvalue weighted by Gasteiger charge is 2.47. The fraction of sp³-hybridized carbons (Fsp3) is 0.647. The maximum atomic E-state index is 12.5. The van der Waals surface area contributed by atoms with Crippen LogP contribution in [0.5, 0.6) is 0 Å². The molecule has 23 heavy (non-hydrogen) atoms. The lowest BCUT2D eigenvalue weighted by atomic mass is 9.90. The van der Waals surface area contributed by atoms with Gasteiger partial charge in [0.2, 0.25) is 0 Å². The summed E-state index contributed by atoms with van der Waals surface area (Å²) in [5.74, 6) is -0.165. The third-order valence-corrected chi connectivity index (χ3v) is 3.80. The zero-order chi connectivity index (χ0) is 17.5. The molecule has 0 radical (unpaired) electrons. The number of carbonyl (C=O) groups is 2. The van der Waals surface area contributed by atoms with Crippen LogP contribution in [0.4, 0.5) is 4.79 Å². The molecule has 0 saturated carbocycles. The van der Waals surface area contributed by atoms with Gasteiger partial charge in [-0.25, -0.2) is 4.79 Å². The molecule has 2 rings (SSSR count). The summed E-state index contributed by atoms with van der Waals surface area (Å²) in [5.41, 5.74) is -2.71. The van der Waals surface area contributed by atoms with Gasteiger partial charge in [0, 0.05) is 6.42 Å². The van der Waals surface area contributed by atoms with Crippen LogP contribution in [-0.4, -0.2) is 51.5 Å². The lowest BCUT2D eigenvalue weighted by Gasteiger charge is -2.37. The van der Waals surface area contributed by atoms with Gasteiger partial charge in [-0.2, -0.15) is 0 Å². The number of carbonyl (C=O) groups excluding carboxylic acids is 2. The van der Waals surface area contributed by atoms with Crippen molar-refractivity contribution in [2.24, 2.45) is 0 Å². The van der Waals surface area contributed by atoms with E-state index in [4.69, 9.17) is 9.47 Å². The topological polar surface area (TPSA) is 76.1 Å². The molecule has 0 bridgehead atoms. The number of hydrogen-bond donors (Lipinski definition) is 1. The minimum Gasteiger partial charge on any atom is -0.444 e. The molecule has 1 amide bonds. The van der Waals surface area contributed by atoms with E-state index in [0.29, 0.717) is 6.61 Å². The van der Waals surface area contributed by atoms with Crippen molar-refractivity contribution in [1.29, 1.82) is 0 Å². The molecule has 6 nitrogen and oxygen atoms in total. The van der Waals surface area contributed by atoms with E-state index in [2.05, 4.69) is 0 Å². The average Bonchev–Trinajstić information content (AvgIpc) is 2.66. The second-order valence-corrected chi connectivity index (χ2v) is 7.53. The van der Waals surface area contributed by atoms with Crippen molar-refractivity contribution < 1.29 is 24.2 Å². The molecular formula is C17H25NO5. The van der Waals surface area contributed by atoms with E-state index in [-0.39, 0.29) is 18.2 Å². The number of aliphatic hydroxyl groups is 1. The Bertz CT molecular complexity index is 540. The molecule has 1 aliphatic carbocycles. The Morgan fingerprint density at radius 3 is 2.48 bits per heavy atom. The van der Waals surface area contributed by atoms with Gasteiger partial charge in [-0.15, -0.1) is 0 Å². The van der Waals surface area contributed by atoms with Crippen LogP contribution in [0.15, 0.2) is 24.3 Å². The third-order valence-electron chi connectivity index (χ3n) is 3.80. The number of amides is 1. The summed E-state index contributed by atoms with van der Waals surface area (Å²) in [5, 5.41) is 10.6. The number of ether oxygens (including phenoxy) is 2. The second kappa shape index (κ2) is 5.76. The van der Waals surface area contributed by atoms with Gasteiger partial charge in [-0.3, -0.25) is 9.69 Å². The average molecular weight is 323 g/mol. The largest absolute Gasteiger partial charge is 0.444 e. The summed E-state index contributed by atoms with van der Waals surface area (Å²) < 4.78 is 11.2. The van der Waals surface area contributed by atoms with Gasteiger partial charge in [0.05, 0.1) is 12.6 Å². The molecule has 1 heterocycles. The second-order valence-electron chi connectivity index (χ2n) is 7.53. The van der Waals surface area contributed by atoms with Crippen LogP contribution in [0, 0.1) is 0 Å². The normalized spacial score (nSPS) is 25.7. The monoisotopic (exact) mass is 323 g/mol. The van der Waals surface area contributed by atoms with E-state index in [1.54, 1.807) is 34.6 Å². The van der Waals surface area contributed by atoms with Gasteiger partial charge in [0.25, 0.3) is 0 Å². The lowest BCUT2D eigenvalue weighted by molar-refractivity contribution is -0.110. The van der Waals surface area contributed by atoms with Crippen molar-refractivity contribution in [1.82, 2.24) is 4.90 Å². The molecule has 1 fully saturated rings. The summed E-state index contributed by atoms with van der Waals surface area (Å²) in [4.78, 5) is 25.3. The maximum Gasteiger partial charge on any atom is 0.412 e. The summed E-state index contributed by atoms with van der Waals surface area (Å²) >= 11 is 0. The van der Waals surface area contributed by atoms with Gasteiger partial charge in [0.1, 0.15) is 16.9 Å². The first kappa shape index (κ1) is 17.7. The van der Waals surface area contributed by atoms with Gasteiger partial charge < -0.3 is 14.6 Å². The van der Waals surface area contributed by atoms with E-state index in [1.807, 2.05) is 0 Å². The van der Waals surface area contributed by atoms with Crippen molar-refractivity contribution in [2.75, 3.05) is 6.61 Å². The highest BCUT2D eigenvalue weighted by Crippen LogP contribution is 2.34. The van der Waals surface area contributed by atoms with Crippen molar-refractivity contribution >= 4 is 11.9 Å². The predicted molar refractivity (Wildman–Crippen MR) is 84.7 cm³/mol. The number of nitrogens with zero attached hydrogens (tertiary/aromatic N) is 1. The molecule has 2 aliphatic rings. The Kier molecular flexibility index (Phi) is 4.43. The van der Waals surface area contributed by atoms with Crippen molar-refractivity contribution in [3.63, 3.8) is 0 Å². The lowest BCUT2D eigenvalue weighted by Crippen LogP contribution is -2.51. The zero-order valence-corrected chi connectivity index (χ0v) is 14.3. The molecule has 0 aromatic heterocycles. The SMILES string of the molecule is CC(C)(C)OC(=O)N1[C@@H](CC2(O)C=CC(=O)C=C2)COC1(C)C. The molecule has 1 N–H and O–H groups in total. The van der Waals surface area contributed by atoms with Crippen LogP contribution in [0.1, 0.15) is 41.0 Å². The molecule has 1 saturated heterocycles. The summed E-state index contributed by atoms with van der Waals surface area (Å²) in [6.07, 6.45) is 5.32. The van der Waals surface area contributed by atoms with Gasteiger partial charge in [-0.05, 0) is 58.9 Å². The Hall–Kier alpha value is -1.66. The van der Waals surface area contributed by atoms with E-state index in [1.165, 1.54) is 29.2 Å². The first-order chi connectivity index (χ1) is 10.4. The van der Waals surface area contributed by atoms with Gasteiger partial charge in [-0.1, -0.05) is 0 Å². The zero-order valence-electron chi connectivity index (χ0n) is 14.3. The standard InChI is InChI=1S/C17H25NO5/c1-15(2,3)23-14(20)18-12(11-22-16(18,4)5)10-17(21)8-6-13(19)7-9-17/h6-9,12,21H,10-11H2,1-5H3/t12-/m0/s1. The van der Waals surface area contributed by atoms with E-state index >= 15 is 0 Å². The van der Waals surface area contributed by atoms with Gasteiger partial charge in [0.15, 0.2) is 5.78 Å². The van der Waals surface area contributed by atoms with Crippen molar-refractivity contribution in [3.8, 4) is 0 Å². The smallest absolute Gasteiger partial charge is 0.412 e. The van der Waals surface area contributed by atoms with E-state index < -0.39 is 23.0 Å². The van der Waals surface area contributed by atoms with Crippen molar-refractivity contribution in [2.45, 2.75) is 64.0 Å². The first-order valence-corrected chi connectivity index (χ1v) is 7.73. The number of rotatable bonds is 2. The Labute approximate surface area is 136 Å². The molecular weight excluding hydrogens is 298 g/mol. The molecule has 0 aromatic rings. The fourth-order valence-electron chi connectivity index (χ4n) is 2.79. The number of allylic oxidation sites excluding steroid dienone is 2. The summed E-state index contributed by atoms with van der Waals surface area (Å²) in [6, 6.07) is -0.354. The van der Waals surface area contributed by atoms with Gasteiger partial charge >= 0.3 is 6.09 Å². The molecule has 128 valence electrons. The van der Waals surface area contributed by atoms with Crippen LogP contribution < -0.4 is 0 Å². The summed E-state index contributed by atoms with van der Waals surface area (Å²) in [6.45, 7) is 9.28.